The molecule has 0 atom stereocenters. The quantitative estimate of drug-likeness (QED) is 0.388. The first-order valence-corrected chi connectivity index (χ1v) is 6.78. The Morgan fingerprint density at radius 1 is 1.19 bits per heavy atom. The summed E-state index contributed by atoms with van der Waals surface area (Å²) in [6.45, 7) is 18.3. The molecular weight excluding hydrogens is 216 g/mol. The molecule has 0 bridgehead atoms. The van der Waals surface area contributed by atoms with Crippen LogP contribution in [0.1, 0.15) is 61.3 Å². The molecule has 0 rings (SSSR count). The SMILES string of the molecule is C/C=C\CC.C=C(C)C.CCC(C)C.CCl. The van der Waals surface area contributed by atoms with Crippen molar-refractivity contribution in [1.29, 1.82) is 0 Å². The average Bonchev–Trinajstić information content (AvgIpc) is 2.22. The highest BCUT2D eigenvalue weighted by Gasteiger charge is 1.80. The minimum Gasteiger partial charge on any atom is -0.130 e. The minimum absolute atomic E-state index is 0.884. The Labute approximate surface area is 110 Å². The largest absolute Gasteiger partial charge is 0.130 e. The van der Waals surface area contributed by atoms with Gasteiger partial charge < -0.3 is 0 Å². The number of hydrogen-bond donors (Lipinski definition) is 0. The van der Waals surface area contributed by atoms with Crippen LogP contribution < -0.4 is 0 Å². The number of hydrogen-bond acceptors (Lipinski definition) is 0. The molecule has 0 nitrogen and oxygen atoms in total. The summed E-state index contributed by atoms with van der Waals surface area (Å²) in [5, 5.41) is 0. The van der Waals surface area contributed by atoms with Gasteiger partial charge in [0.1, 0.15) is 0 Å². The van der Waals surface area contributed by atoms with E-state index in [-0.39, 0.29) is 0 Å². The van der Waals surface area contributed by atoms with Gasteiger partial charge in [-0.25, -0.2) is 0 Å². The maximum absolute atomic E-state index is 4.64. The lowest BCUT2D eigenvalue weighted by Gasteiger charge is -1.90. The Hall–Kier alpha value is -0.230. The second-order valence-electron chi connectivity index (χ2n) is 3.99. The van der Waals surface area contributed by atoms with Crippen molar-refractivity contribution in [1.82, 2.24) is 0 Å². The molecule has 0 saturated carbocycles. The van der Waals surface area contributed by atoms with Gasteiger partial charge >= 0.3 is 0 Å². The Balaban J connectivity index is -0.0000000629. The van der Waals surface area contributed by atoms with Gasteiger partial charge in [-0.3, -0.25) is 0 Å². The standard InChI is InChI=1S/C5H12.C5H10.C4H8.CH3Cl/c1-4-5(2)3;1-3-5-4-2;1-4(2)3;1-2/h5H,4H2,1-3H3;3,5H,4H2,1-2H3;1H2,2-3H3;1H3/b;5-3-;;. The third-order valence-corrected chi connectivity index (χ3v) is 1.29. The first-order chi connectivity index (χ1) is 7.42. The predicted octanol–water partition coefficient (Wildman–Crippen LogP) is 6.46. The average molecular weight is 249 g/mol. The van der Waals surface area contributed by atoms with Gasteiger partial charge in [-0.15, -0.1) is 18.2 Å². The van der Waals surface area contributed by atoms with E-state index in [0.29, 0.717) is 0 Å². The summed E-state index contributed by atoms with van der Waals surface area (Å²) < 4.78 is 0. The van der Waals surface area contributed by atoms with Gasteiger partial charge in [0.25, 0.3) is 0 Å². The monoisotopic (exact) mass is 248 g/mol. The van der Waals surface area contributed by atoms with Crippen molar-refractivity contribution in [3.63, 3.8) is 0 Å². The van der Waals surface area contributed by atoms with Crippen LogP contribution in [0.4, 0.5) is 0 Å². The zero-order valence-corrected chi connectivity index (χ0v) is 13.5. The molecule has 0 N–H and O–H groups in total. The van der Waals surface area contributed by atoms with Gasteiger partial charge in [0.2, 0.25) is 0 Å². The van der Waals surface area contributed by atoms with E-state index in [1.54, 1.807) is 0 Å². The molecule has 0 aromatic rings. The molecule has 0 aromatic carbocycles. The van der Waals surface area contributed by atoms with Crippen molar-refractivity contribution < 1.29 is 0 Å². The fourth-order valence-electron chi connectivity index (χ4n) is 0.236. The van der Waals surface area contributed by atoms with Crippen molar-refractivity contribution in [2.45, 2.75) is 61.3 Å². The Kier molecular flexibility index (Phi) is 45.5. The summed E-state index contributed by atoms with van der Waals surface area (Å²) in [5.41, 5.74) is 1.17. The van der Waals surface area contributed by atoms with E-state index >= 15 is 0 Å². The van der Waals surface area contributed by atoms with Crippen LogP contribution in [-0.4, -0.2) is 6.38 Å². The molecule has 16 heavy (non-hydrogen) atoms. The van der Waals surface area contributed by atoms with Gasteiger partial charge in [0.05, 0.1) is 0 Å². The molecule has 0 saturated heterocycles. The van der Waals surface area contributed by atoms with Crippen molar-refractivity contribution in [2.75, 3.05) is 6.38 Å². The van der Waals surface area contributed by atoms with Crippen molar-refractivity contribution in [3.05, 3.63) is 24.3 Å². The Bertz CT molecular complexity index is 119. The molecule has 0 aromatic heterocycles. The summed E-state index contributed by atoms with van der Waals surface area (Å²) in [5.74, 6) is 0.884. The van der Waals surface area contributed by atoms with Crippen LogP contribution in [0, 0.1) is 5.92 Å². The zero-order chi connectivity index (χ0) is 14.0. The fraction of sp³-hybridized carbons (Fsp3) is 0.733. The van der Waals surface area contributed by atoms with Gasteiger partial charge in [-0.1, -0.05) is 51.8 Å². The molecule has 0 heterocycles. The smallest absolute Gasteiger partial charge is 0.0108 e. The number of allylic oxidation sites excluding steroid dienone is 3. The minimum atomic E-state index is 0.884. The van der Waals surface area contributed by atoms with Crippen LogP contribution in [0.3, 0.4) is 0 Å². The van der Waals surface area contributed by atoms with Gasteiger partial charge in [0, 0.05) is 6.38 Å². The lowest BCUT2D eigenvalue weighted by atomic mass is 10.2. The van der Waals surface area contributed by atoms with Crippen LogP contribution >= 0.6 is 11.6 Å². The lowest BCUT2D eigenvalue weighted by molar-refractivity contribution is 0.626. The lowest BCUT2D eigenvalue weighted by Crippen LogP contribution is -1.77. The van der Waals surface area contributed by atoms with Crippen molar-refractivity contribution >= 4 is 11.6 Å². The first-order valence-electron chi connectivity index (χ1n) is 6.03. The summed E-state index contributed by atoms with van der Waals surface area (Å²) in [4.78, 5) is 0. The molecule has 0 fully saturated rings. The van der Waals surface area contributed by atoms with E-state index in [1.807, 2.05) is 20.8 Å². The highest BCUT2D eigenvalue weighted by atomic mass is 35.5. The summed E-state index contributed by atoms with van der Waals surface area (Å²) >= 11 is 4.64. The number of alkyl halides is 1. The van der Waals surface area contributed by atoms with E-state index in [4.69, 9.17) is 0 Å². The second kappa shape index (κ2) is 29.3. The highest BCUT2D eigenvalue weighted by molar-refractivity contribution is 6.15. The van der Waals surface area contributed by atoms with Gasteiger partial charge in [0.15, 0.2) is 0 Å². The van der Waals surface area contributed by atoms with E-state index in [1.165, 1.54) is 18.4 Å². The van der Waals surface area contributed by atoms with Crippen molar-refractivity contribution in [3.8, 4) is 0 Å². The molecule has 0 spiro atoms. The molecule has 0 radical (unpaired) electrons. The normalized spacial score (nSPS) is 8.12. The fourth-order valence-corrected chi connectivity index (χ4v) is 0.236. The number of rotatable bonds is 2. The second-order valence-corrected chi connectivity index (χ2v) is 3.99. The highest BCUT2D eigenvalue weighted by Crippen LogP contribution is 1.93. The maximum atomic E-state index is 4.64. The Morgan fingerprint density at radius 2 is 1.44 bits per heavy atom. The zero-order valence-electron chi connectivity index (χ0n) is 12.7. The molecule has 0 amide bonds. The van der Waals surface area contributed by atoms with Gasteiger partial charge in [-0.05, 0) is 33.1 Å². The predicted molar refractivity (Wildman–Crippen MR) is 82.5 cm³/mol. The van der Waals surface area contributed by atoms with Crippen LogP contribution in [0.5, 0.6) is 0 Å². The summed E-state index contributed by atoms with van der Waals surface area (Å²) in [6.07, 6.45) is 8.12. The summed E-state index contributed by atoms with van der Waals surface area (Å²) in [7, 11) is 0. The number of halogens is 1. The van der Waals surface area contributed by atoms with Crippen LogP contribution in [-0.2, 0) is 0 Å². The van der Waals surface area contributed by atoms with E-state index in [0.717, 1.165) is 12.3 Å². The summed E-state index contributed by atoms with van der Waals surface area (Å²) in [6, 6.07) is 0. The van der Waals surface area contributed by atoms with E-state index < -0.39 is 0 Å². The Morgan fingerprint density at radius 3 is 1.44 bits per heavy atom. The van der Waals surface area contributed by atoms with Crippen LogP contribution in [0.2, 0.25) is 0 Å². The molecule has 0 unspecified atom stereocenters. The molecule has 0 aliphatic carbocycles. The van der Waals surface area contributed by atoms with E-state index in [9.17, 15) is 0 Å². The topological polar surface area (TPSA) is 0 Å². The maximum Gasteiger partial charge on any atom is 0.0108 e. The van der Waals surface area contributed by atoms with Crippen LogP contribution in [0.25, 0.3) is 0 Å². The van der Waals surface area contributed by atoms with E-state index in [2.05, 4.69) is 58.0 Å². The van der Waals surface area contributed by atoms with Crippen LogP contribution in [0.15, 0.2) is 24.3 Å². The molecule has 0 aliphatic rings. The molecule has 0 aliphatic heterocycles. The van der Waals surface area contributed by atoms with Gasteiger partial charge in [-0.2, -0.15) is 0 Å². The molecule has 1 heteroatoms. The van der Waals surface area contributed by atoms with Crippen molar-refractivity contribution in [2.24, 2.45) is 5.92 Å². The third-order valence-electron chi connectivity index (χ3n) is 1.29. The first kappa shape index (κ1) is 24.8. The molecular formula is C15H33Cl. The third kappa shape index (κ3) is 158. The molecule has 100 valence electrons.